The number of aryl methyl sites for hydroxylation is 1. The molecule has 0 aliphatic carbocycles. The Balaban J connectivity index is 1.42. The Bertz CT molecular complexity index is 1840. The molecule has 0 radical (unpaired) electrons. The Morgan fingerprint density at radius 3 is 2.25 bits per heavy atom. The molecule has 0 N–H and O–H groups in total. The number of esters is 1. The molecule has 2 heterocycles. The predicted molar refractivity (Wildman–Crippen MR) is 195 cm³/mol. The van der Waals surface area contributed by atoms with Crippen LogP contribution in [0.15, 0.2) is 72.8 Å². The molecule has 268 valence electrons. The number of ether oxygens (including phenoxy) is 4. The molecule has 2 amide bonds. The monoisotopic (exact) mass is 694 g/mol. The van der Waals surface area contributed by atoms with E-state index in [2.05, 4.69) is 0 Å². The first-order valence-corrected chi connectivity index (χ1v) is 17.1. The van der Waals surface area contributed by atoms with Crippen molar-refractivity contribution in [2.45, 2.75) is 39.5 Å². The first kappa shape index (κ1) is 36.7. The zero-order chi connectivity index (χ0) is 36.5. The highest BCUT2D eigenvalue weighted by Gasteiger charge is 2.30. The molecule has 3 aromatic carbocycles. The number of rotatable bonds is 13. The van der Waals surface area contributed by atoms with Crippen LogP contribution in [0.3, 0.4) is 0 Å². The number of likely N-dealkylation sites (N-methyl/N-ethyl adjacent to an activating group) is 1. The third-order valence-corrected chi connectivity index (χ3v) is 8.82. The summed E-state index contributed by atoms with van der Waals surface area (Å²) in [6.07, 6.45) is 3.93. The predicted octanol–water partition coefficient (Wildman–Crippen LogP) is 6.35. The molecule has 1 aliphatic heterocycles. The fraction of sp³-hybridized carbons (Fsp3) is 0.350. The van der Waals surface area contributed by atoms with Crippen LogP contribution >= 0.6 is 0 Å². The van der Waals surface area contributed by atoms with Crippen molar-refractivity contribution in [3.05, 3.63) is 95.2 Å². The molecule has 1 fully saturated rings. The Morgan fingerprint density at radius 2 is 1.63 bits per heavy atom. The molecular formula is C40H46N4O7. The van der Waals surface area contributed by atoms with Gasteiger partial charge in [-0.05, 0) is 86.7 Å². The summed E-state index contributed by atoms with van der Waals surface area (Å²) in [6.45, 7) is 5.01. The highest BCUT2D eigenvalue weighted by atomic mass is 16.5. The van der Waals surface area contributed by atoms with Crippen molar-refractivity contribution < 1.29 is 33.3 Å². The number of carbonyl (C=O) groups is 3. The van der Waals surface area contributed by atoms with Crippen LogP contribution in [0.4, 0.5) is 0 Å². The van der Waals surface area contributed by atoms with E-state index in [0.717, 1.165) is 35.3 Å². The third-order valence-electron chi connectivity index (χ3n) is 8.82. The number of benzene rings is 3. The van der Waals surface area contributed by atoms with Crippen molar-refractivity contribution in [2.75, 3.05) is 48.0 Å². The van der Waals surface area contributed by atoms with Crippen LogP contribution in [0.1, 0.15) is 48.6 Å². The van der Waals surface area contributed by atoms with E-state index >= 15 is 0 Å². The van der Waals surface area contributed by atoms with E-state index in [1.807, 2.05) is 79.7 Å². The van der Waals surface area contributed by atoms with E-state index < -0.39 is 0 Å². The zero-order valence-corrected chi connectivity index (χ0v) is 30.2. The normalized spacial score (nSPS) is 14.5. The van der Waals surface area contributed by atoms with Gasteiger partial charge in [-0.3, -0.25) is 14.4 Å². The summed E-state index contributed by atoms with van der Waals surface area (Å²) in [5, 5.41) is 4.81. The van der Waals surface area contributed by atoms with E-state index in [9.17, 15) is 14.4 Å². The van der Waals surface area contributed by atoms with Gasteiger partial charge >= 0.3 is 5.97 Å². The Labute approximate surface area is 299 Å². The first-order valence-electron chi connectivity index (χ1n) is 17.1. The van der Waals surface area contributed by atoms with Crippen LogP contribution in [-0.4, -0.2) is 85.4 Å². The zero-order valence-electron chi connectivity index (χ0n) is 30.2. The van der Waals surface area contributed by atoms with Gasteiger partial charge in [-0.15, -0.1) is 0 Å². The van der Waals surface area contributed by atoms with Crippen molar-refractivity contribution in [1.29, 1.82) is 0 Å². The molecular weight excluding hydrogens is 648 g/mol. The molecule has 4 aromatic rings. The highest BCUT2D eigenvalue weighted by molar-refractivity contribution is 6.24. The fourth-order valence-electron chi connectivity index (χ4n) is 6.12. The summed E-state index contributed by atoms with van der Waals surface area (Å²) in [6, 6.07) is 22.4. The van der Waals surface area contributed by atoms with Crippen LogP contribution in [0.5, 0.6) is 23.1 Å². The van der Waals surface area contributed by atoms with Crippen molar-refractivity contribution >= 4 is 29.4 Å². The average molecular weight is 695 g/mol. The van der Waals surface area contributed by atoms with Gasteiger partial charge in [0.1, 0.15) is 17.2 Å². The van der Waals surface area contributed by atoms with Crippen molar-refractivity contribution in [3.8, 4) is 28.8 Å². The fourth-order valence-corrected chi connectivity index (χ4v) is 6.12. The lowest BCUT2D eigenvalue weighted by atomic mass is 9.97. The Hall–Kier alpha value is -5.58. The molecule has 1 aromatic heterocycles. The molecule has 11 nitrogen and oxygen atoms in total. The number of amides is 2. The highest BCUT2D eigenvalue weighted by Crippen LogP contribution is 2.33. The molecule has 5 rings (SSSR count). The largest absolute Gasteiger partial charge is 0.497 e. The van der Waals surface area contributed by atoms with Gasteiger partial charge < -0.3 is 28.7 Å². The number of para-hydroxylation sites is 1. The molecule has 0 bridgehead atoms. The quantitative estimate of drug-likeness (QED) is 0.0904. The number of likely N-dealkylation sites (tertiary alicyclic amines) is 1. The Morgan fingerprint density at radius 1 is 0.941 bits per heavy atom. The average Bonchev–Trinajstić information content (AvgIpc) is 3.46. The van der Waals surface area contributed by atoms with Gasteiger partial charge in [-0.25, -0.2) is 4.68 Å². The number of carbonyl (C=O) groups excluding carboxylic acids is 3. The van der Waals surface area contributed by atoms with E-state index in [-0.39, 0.29) is 30.1 Å². The molecule has 11 heteroatoms. The molecule has 1 unspecified atom stereocenters. The van der Waals surface area contributed by atoms with Crippen molar-refractivity contribution in [2.24, 2.45) is 5.92 Å². The molecule has 0 spiro atoms. The number of hydrogen-bond donors (Lipinski definition) is 0. The summed E-state index contributed by atoms with van der Waals surface area (Å²) in [5.74, 6) is 1.53. The number of methoxy groups -OCH3 is 2. The summed E-state index contributed by atoms with van der Waals surface area (Å²) in [7, 11) is 6.59. The lowest BCUT2D eigenvalue weighted by Gasteiger charge is -2.31. The number of piperidine rings is 1. The topological polar surface area (TPSA) is 112 Å². The molecule has 1 saturated heterocycles. The maximum Gasteiger partial charge on any atom is 0.310 e. The van der Waals surface area contributed by atoms with Gasteiger partial charge in [0, 0.05) is 50.8 Å². The number of nitrogens with zero attached hydrogens (tertiary/aromatic N) is 4. The Kier molecular flexibility index (Phi) is 12.2. The number of hydrogen-bond acceptors (Lipinski definition) is 8. The maximum absolute atomic E-state index is 13.4. The lowest BCUT2D eigenvalue weighted by Crippen LogP contribution is -2.42. The van der Waals surface area contributed by atoms with E-state index in [1.165, 1.54) is 4.90 Å². The SMILES string of the molecule is CCOC(=O)C1CCCN(C(=O)CCc2c(C)nn(-c3ccccc3)c2Oc2ccc(C(=Cc3cc(OC)cc(OC)c3)C(=O)N(C)C)cc2)C1. The second kappa shape index (κ2) is 16.9. The molecule has 1 aliphatic rings. The van der Waals surface area contributed by atoms with E-state index in [1.54, 1.807) is 50.9 Å². The van der Waals surface area contributed by atoms with Gasteiger partial charge in [0.2, 0.25) is 11.8 Å². The second-order valence-electron chi connectivity index (χ2n) is 12.6. The van der Waals surface area contributed by atoms with Crippen LogP contribution in [0, 0.1) is 12.8 Å². The summed E-state index contributed by atoms with van der Waals surface area (Å²) < 4.78 is 24.4. The molecule has 0 saturated carbocycles. The van der Waals surface area contributed by atoms with Crippen LogP contribution < -0.4 is 14.2 Å². The molecule has 51 heavy (non-hydrogen) atoms. The van der Waals surface area contributed by atoms with Gasteiger partial charge in [-0.1, -0.05) is 30.3 Å². The van der Waals surface area contributed by atoms with Gasteiger partial charge in [0.15, 0.2) is 0 Å². The smallest absolute Gasteiger partial charge is 0.310 e. The summed E-state index contributed by atoms with van der Waals surface area (Å²) in [5.41, 5.74) is 4.30. The third kappa shape index (κ3) is 8.97. The van der Waals surface area contributed by atoms with Crippen LogP contribution in [-0.2, 0) is 25.5 Å². The minimum Gasteiger partial charge on any atom is -0.497 e. The maximum atomic E-state index is 13.4. The van der Waals surface area contributed by atoms with Crippen LogP contribution in [0.2, 0.25) is 0 Å². The van der Waals surface area contributed by atoms with Gasteiger partial charge in [0.25, 0.3) is 5.91 Å². The minimum absolute atomic E-state index is 0.0234. The summed E-state index contributed by atoms with van der Waals surface area (Å²) >= 11 is 0. The van der Waals surface area contributed by atoms with E-state index in [0.29, 0.717) is 60.4 Å². The van der Waals surface area contributed by atoms with Crippen molar-refractivity contribution in [3.63, 3.8) is 0 Å². The standard InChI is InChI=1S/C40H46N4O7/c1-7-50-40(47)30-12-11-21-43(26-30)37(45)20-19-35-27(2)41-44(31-13-9-8-10-14-31)39(35)51-32-17-15-29(16-18-32)36(38(46)42(3)4)24-28-22-33(48-5)25-34(23-28)49-6/h8-10,13-18,22-25,30H,7,11-12,19-21,26H2,1-6H3. The number of aromatic nitrogens is 2. The van der Waals surface area contributed by atoms with Gasteiger partial charge in [0.05, 0.1) is 38.1 Å². The van der Waals surface area contributed by atoms with E-state index in [4.69, 9.17) is 24.0 Å². The lowest BCUT2D eigenvalue weighted by molar-refractivity contribution is -0.151. The van der Waals surface area contributed by atoms with Gasteiger partial charge in [-0.2, -0.15) is 5.10 Å². The first-order chi connectivity index (χ1) is 24.6. The van der Waals surface area contributed by atoms with Crippen LogP contribution in [0.25, 0.3) is 17.3 Å². The summed E-state index contributed by atoms with van der Waals surface area (Å²) in [4.78, 5) is 42.5. The second-order valence-corrected chi connectivity index (χ2v) is 12.6. The molecule has 1 atom stereocenters. The van der Waals surface area contributed by atoms with Crippen molar-refractivity contribution in [1.82, 2.24) is 19.6 Å². The minimum atomic E-state index is -0.297.